The van der Waals surface area contributed by atoms with Crippen molar-refractivity contribution < 1.29 is 67.1 Å². The van der Waals surface area contributed by atoms with Gasteiger partial charge in [0, 0.05) is 12.8 Å². The molecule has 0 heterocycles. The van der Waals surface area contributed by atoms with Crippen molar-refractivity contribution in [1.29, 1.82) is 0 Å². The van der Waals surface area contributed by atoms with Crippen molar-refractivity contribution in [3.8, 4) is 0 Å². The van der Waals surface area contributed by atoms with Crippen LogP contribution in [-0.2, 0) is 32.7 Å². The largest absolute Gasteiger partial charge is 1.00 e. The van der Waals surface area contributed by atoms with E-state index in [4.69, 9.17) is 14.0 Å². The topological polar surface area (TPSA) is 111 Å². The van der Waals surface area contributed by atoms with E-state index in [2.05, 4.69) is 18.4 Å². The zero-order valence-electron chi connectivity index (χ0n) is 31.2. The maximum atomic E-state index is 12.5. The maximum absolute atomic E-state index is 12.5. The zero-order chi connectivity index (χ0) is 34.0. The third-order valence-corrected chi connectivity index (χ3v) is 9.44. The molecule has 0 aromatic carbocycles. The average Bonchev–Trinajstić information content (AvgIpc) is 3.03. The predicted octanol–water partition coefficient (Wildman–Crippen LogP) is 7.93. The van der Waals surface area contributed by atoms with E-state index >= 15 is 0 Å². The number of rotatable bonds is 36. The van der Waals surface area contributed by atoms with Crippen LogP contribution in [-0.4, -0.2) is 37.9 Å². The Labute approximate surface area is 311 Å². The van der Waals surface area contributed by atoms with Crippen molar-refractivity contribution >= 4 is 19.8 Å². The van der Waals surface area contributed by atoms with Crippen molar-refractivity contribution in [2.75, 3.05) is 19.8 Å². The first-order valence-corrected chi connectivity index (χ1v) is 20.8. The van der Waals surface area contributed by atoms with Gasteiger partial charge in [0.25, 0.3) is 7.82 Å². The number of unbranched alkanes of at least 4 members (excludes halogenated alkanes) is 24. The molecule has 0 amide bonds. The van der Waals surface area contributed by atoms with Crippen LogP contribution in [0.5, 0.6) is 0 Å². The second kappa shape index (κ2) is 37.3. The summed E-state index contributed by atoms with van der Waals surface area (Å²) in [5.41, 5.74) is 0. The van der Waals surface area contributed by atoms with Gasteiger partial charge in [-0.3, -0.25) is 14.2 Å². The average molecular weight is 699 g/mol. The zero-order valence-corrected chi connectivity index (χ0v) is 34.1. The number of phosphoric ester groups is 1. The minimum Gasteiger partial charge on any atom is -0.756 e. The molecule has 0 spiro atoms. The van der Waals surface area contributed by atoms with Crippen LogP contribution in [0.3, 0.4) is 0 Å². The summed E-state index contributed by atoms with van der Waals surface area (Å²) in [4.78, 5) is 36.6. The van der Waals surface area contributed by atoms with E-state index < -0.39 is 26.5 Å². The molecular weight excluding hydrogens is 626 g/mol. The molecule has 274 valence electrons. The van der Waals surface area contributed by atoms with Gasteiger partial charge in [-0.15, -0.1) is 0 Å². The number of carbonyl (C=O) groups excluding carboxylic acids is 2. The number of ether oxygens (including phenoxy) is 2. The third-order valence-electron chi connectivity index (χ3n) is 8.40. The summed E-state index contributed by atoms with van der Waals surface area (Å²) in [7, 11) is -4.51. The molecule has 1 unspecified atom stereocenters. The van der Waals surface area contributed by atoms with Gasteiger partial charge in [0.2, 0.25) is 0 Å². The Morgan fingerprint density at radius 1 is 0.511 bits per heavy atom. The molecule has 0 saturated heterocycles. The molecule has 10 heteroatoms. The van der Waals surface area contributed by atoms with E-state index in [0.717, 1.165) is 32.1 Å². The van der Waals surface area contributed by atoms with Gasteiger partial charge in [-0.1, -0.05) is 168 Å². The molecule has 0 rings (SSSR count). The van der Waals surface area contributed by atoms with Crippen LogP contribution in [0, 0.1) is 0 Å². The molecule has 8 nitrogen and oxygen atoms in total. The first kappa shape index (κ1) is 49.2. The molecular formula is C37H72NaO8P. The Morgan fingerprint density at radius 2 is 0.851 bits per heavy atom. The normalized spacial score (nSPS) is 13.1. The van der Waals surface area contributed by atoms with Gasteiger partial charge in [-0.25, -0.2) is 0 Å². The standard InChI is InChI=1S/C37H73O8P.Na/c1-4-7-9-11-13-15-17-19-21-23-25-27-29-31-36(38)42-33-35(34-44-46(40,41)43-6-3)45-37(39)32-30-28-26-24-22-20-18-16-14-12-10-8-5-2;/h35H,4-34H2,1-3H3,(H,40,41);/q;+1/p-1/t35-;/m1./s1. The van der Waals surface area contributed by atoms with E-state index in [9.17, 15) is 19.0 Å². The maximum Gasteiger partial charge on any atom is 1.00 e. The molecule has 0 aromatic heterocycles. The first-order chi connectivity index (χ1) is 22.3. The Hall–Kier alpha value is 0.0500. The molecule has 0 N–H and O–H groups in total. The molecule has 0 aliphatic heterocycles. The Balaban J connectivity index is 0. The van der Waals surface area contributed by atoms with Crippen LogP contribution in [0.15, 0.2) is 0 Å². The number of esters is 2. The van der Waals surface area contributed by atoms with Crippen LogP contribution in [0.1, 0.15) is 201 Å². The second-order valence-electron chi connectivity index (χ2n) is 12.9. The monoisotopic (exact) mass is 698 g/mol. The van der Waals surface area contributed by atoms with Crippen molar-refractivity contribution in [3.05, 3.63) is 0 Å². The van der Waals surface area contributed by atoms with Crippen molar-refractivity contribution in [3.63, 3.8) is 0 Å². The molecule has 0 saturated carbocycles. The van der Waals surface area contributed by atoms with E-state index in [1.54, 1.807) is 6.92 Å². The number of carbonyl (C=O) groups is 2. The van der Waals surface area contributed by atoms with Crippen LogP contribution in [0.25, 0.3) is 0 Å². The van der Waals surface area contributed by atoms with E-state index in [1.165, 1.54) is 128 Å². The Morgan fingerprint density at radius 3 is 1.21 bits per heavy atom. The van der Waals surface area contributed by atoms with Crippen LogP contribution < -0.4 is 34.5 Å². The minimum atomic E-state index is -4.51. The Kier molecular flexibility index (Phi) is 39.0. The fourth-order valence-corrected chi connectivity index (χ4v) is 6.30. The van der Waals surface area contributed by atoms with Crippen LogP contribution in [0.2, 0.25) is 0 Å². The summed E-state index contributed by atoms with van der Waals surface area (Å²) in [6.45, 7) is 5.29. The van der Waals surface area contributed by atoms with Gasteiger partial charge < -0.3 is 23.4 Å². The summed E-state index contributed by atoms with van der Waals surface area (Å²) >= 11 is 0. The molecule has 0 aliphatic carbocycles. The quantitative estimate of drug-likeness (QED) is 0.0281. The second-order valence-corrected chi connectivity index (χ2v) is 14.4. The van der Waals surface area contributed by atoms with Crippen molar-refractivity contribution in [1.82, 2.24) is 0 Å². The van der Waals surface area contributed by atoms with E-state index in [-0.39, 0.29) is 61.6 Å². The van der Waals surface area contributed by atoms with Gasteiger partial charge in [-0.05, 0) is 19.8 Å². The van der Waals surface area contributed by atoms with Gasteiger partial charge in [0.05, 0.1) is 13.2 Å². The summed E-state index contributed by atoms with van der Waals surface area (Å²) in [5, 5.41) is 0. The summed E-state index contributed by atoms with van der Waals surface area (Å²) in [5.74, 6) is -0.822. The summed E-state index contributed by atoms with van der Waals surface area (Å²) < 4.78 is 32.1. The van der Waals surface area contributed by atoms with Crippen LogP contribution in [0.4, 0.5) is 0 Å². The molecule has 0 fully saturated rings. The molecule has 47 heavy (non-hydrogen) atoms. The van der Waals surface area contributed by atoms with Gasteiger partial charge in [0.15, 0.2) is 6.10 Å². The minimum absolute atomic E-state index is 0. The smallest absolute Gasteiger partial charge is 0.756 e. The fraction of sp³-hybridized carbons (Fsp3) is 0.946. The fourth-order valence-electron chi connectivity index (χ4n) is 5.56. The van der Waals surface area contributed by atoms with E-state index in [0.29, 0.717) is 6.42 Å². The first-order valence-electron chi connectivity index (χ1n) is 19.3. The Bertz CT molecular complexity index is 739. The third kappa shape index (κ3) is 37.1. The van der Waals surface area contributed by atoms with Crippen LogP contribution >= 0.6 is 7.82 Å². The van der Waals surface area contributed by atoms with E-state index in [1.807, 2.05) is 0 Å². The van der Waals surface area contributed by atoms with Gasteiger partial charge >= 0.3 is 41.5 Å². The molecule has 0 bridgehead atoms. The molecule has 2 atom stereocenters. The van der Waals surface area contributed by atoms with Gasteiger partial charge in [-0.2, -0.15) is 0 Å². The van der Waals surface area contributed by atoms with Crippen molar-refractivity contribution in [2.24, 2.45) is 0 Å². The summed E-state index contributed by atoms with van der Waals surface area (Å²) in [6, 6.07) is 0. The number of hydrogen-bond donors (Lipinski definition) is 0. The number of hydrogen-bond acceptors (Lipinski definition) is 8. The molecule has 0 aromatic rings. The van der Waals surface area contributed by atoms with Gasteiger partial charge in [0.1, 0.15) is 6.61 Å². The number of phosphoric acid groups is 1. The molecule has 0 aliphatic rings. The summed E-state index contributed by atoms with van der Waals surface area (Å²) in [6.07, 6.45) is 31.3. The SMILES string of the molecule is CCCCCCCCCCCCCCCC(=O)OC[C@H](COP(=O)([O-])OCC)OC(=O)CCCCCCCCCCCCCCC.[Na+]. The molecule has 0 radical (unpaired) electrons. The predicted molar refractivity (Wildman–Crippen MR) is 187 cm³/mol. The van der Waals surface area contributed by atoms with Crippen molar-refractivity contribution in [2.45, 2.75) is 207 Å².